The number of sulfonamides is 1. The molecule has 2 aromatic rings. The van der Waals surface area contributed by atoms with Gasteiger partial charge >= 0.3 is 0 Å². The van der Waals surface area contributed by atoms with Crippen molar-refractivity contribution >= 4 is 21.6 Å². The number of aromatic nitrogens is 2. The van der Waals surface area contributed by atoms with Crippen molar-refractivity contribution in [3.05, 3.63) is 52.6 Å². The molecule has 25 heavy (non-hydrogen) atoms. The maximum absolute atomic E-state index is 12.9. The molecule has 1 saturated heterocycles. The Morgan fingerprint density at radius 2 is 2.20 bits per heavy atom. The lowest BCUT2D eigenvalue weighted by atomic mass is 9.93. The van der Waals surface area contributed by atoms with E-state index in [9.17, 15) is 13.5 Å². The molecule has 1 aromatic carbocycles. The van der Waals surface area contributed by atoms with Gasteiger partial charge in [0.15, 0.2) is 0 Å². The number of halogens is 1. The molecule has 2 heterocycles. The SMILES string of the molecule is Cc1ncc(CO)c(C2CCCN(S(=O)(=O)c3cccc(Cl)c3)C2)n1. The number of hydrogen-bond donors (Lipinski definition) is 1. The molecule has 1 N–H and O–H groups in total. The second-order valence-corrected chi connectivity index (χ2v) is 8.52. The minimum Gasteiger partial charge on any atom is -0.392 e. The van der Waals surface area contributed by atoms with E-state index in [4.69, 9.17) is 11.6 Å². The van der Waals surface area contributed by atoms with Gasteiger partial charge in [0.05, 0.1) is 17.2 Å². The van der Waals surface area contributed by atoms with E-state index in [0.717, 1.165) is 18.5 Å². The van der Waals surface area contributed by atoms with Crippen LogP contribution in [0.1, 0.15) is 35.8 Å². The van der Waals surface area contributed by atoms with Crippen LogP contribution in [0, 0.1) is 6.92 Å². The molecule has 1 fully saturated rings. The molecule has 0 amide bonds. The number of aliphatic hydroxyl groups is 1. The van der Waals surface area contributed by atoms with Crippen molar-refractivity contribution in [2.45, 2.75) is 37.2 Å². The standard InChI is InChI=1S/C17H20ClN3O3S/c1-12-19-9-14(11-22)17(20-12)13-4-3-7-21(10-13)25(23,24)16-6-2-5-15(18)8-16/h2,5-6,8-9,13,22H,3-4,7,10-11H2,1H3. The topological polar surface area (TPSA) is 83.4 Å². The molecule has 8 heteroatoms. The lowest BCUT2D eigenvalue weighted by Gasteiger charge is -2.32. The lowest BCUT2D eigenvalue weighted by molar-refractivity contribution is 0.272. The van der Waals surface area contributed by atoms with Crippen LogP contribution in [0.25, 0.3) is 0 Å². The summed E-state index contributed by atoms with van der Waals surface area (Å²) >= 11 is 5.94. The predicted octanol–water partition coefficient (Wildman–Crippen LogP) is 2.50. The zero-order chi connectivity index (χ0) is 18.0. The highest BCUT2D eigenvalue weighted by Gasteiger charge is 2.32. The molecule has 6 nitrogen and oxygen atoms in total. The van der Waals surface area contributed by atoms with Crippen LogP contribution in [0.3, 0.4) is 0 Å². The van der Waals surface area contributed by atoms with E-state index >= 15 is 0 Å². The molecule has 134 valence electrons. The van der Waals surface area contributed by atoms with Crippen LogP contribution in [0.5, 0.6) is 0 Å². The van der Waals surface area contributed by atoms with E-state index in [-0.39, 0.29) is 17.4 Å². The number of rotatable bonds is 4. The Bertz CT molecular complexity index is 873. The van der Waals surface area contributed by atoms with Gasteiger partial charge in [-0.3, -0.25) is 0 Å². The first-order valence-electron chi connectivity index (χ1n) is 8.11. The highest BCUT2D eigenvalue weighted by atomic mass is 35.5. The van der Waals surface area contributed by atoms with Crippen molar-refractivity contribution in [2.75, 3.05) is 13.1 Å². The third-order valence-corrected chi connectivity index (χ3v) is 6.49. The van der Waals surface area contributed by atoms with Crippen molar-refractivity contribution in [3.8, 4) is 0 Å². The number of benzene rings is 1. The van der Waals surface area contributed by atoms with Gasteiger partial charge < -0.3 is 5.11 Å². The fraction of sp³-hybridized carbons (Fsp3) is 0.412. The summed E-state index contributed by atoms with van der Waals surface area (Å²) in [5.74, 6) is 0.550. The molecular weight excluding hydrogens is 362 g/mol. The van der Waals surface area contributed by atoms with E-state index in [1.165, 1.54) is 10.4 Å². The van der Waals surface area contributed by atoms with Crippen LogP contribution in [0.4, 0.5) is 0 Å². The normalized spacial score (nSPS) is 19.1. The summed E-state index contributed by atoms with van der Waals surface area (Å²) in [7, 11) is -3.61. The Kier molecular flexibility index (Phi) is 5.38. The molecule has 1 aliphatic rings. The van der Waals surface area contributed by atoms with Gasteiger partial charge in [-0.15, -0.1) is 0 Å². The second kappa shape index (κ2) is 7.37. The monoisotopic (exact) mass is 381 g/mol. The van der Waals surface area contributed by atoms with Crippen LogP contribution in [0.15, 0.2) is 35.4 Å². The van der Waals surface area contributed by atoms with Gasteiger partial charge in [0.25, 0.3) is 0 Å². The average molecular weight is 382 g/mol. The van der Waals surface area contributed by atoms with E-state index in [1.54, 1.807) is 31.3 Å². The fourth-order valence-electron chi connectivity index (χ4n) is 3.15. The number of piperidine rings is 1. The first kappa shape index (κ1) is 18.3. The highest BCUT2D eigenvalue weighted by molar-refractivity contribution is 7.89. The molecule has 0 radical (unpaired) electrons. The third-order valence-electron chi connectivity index (χ3n) is 4.39. The van der Waals surface area contributed by atoms with Gasteiger partial charge in [0.1, 0.15) is 5.82 Å². The van der Waals surface area contributed by atoms with Crippen molar-refractivity contribution in [3.63, 3.8) is 0 Å². The molecule has 0 aliphatic carbocycles. The molecule has 0 bridgehead atoms. The summed E-state index contributed by atoms with van der Waals surface area (Å²) in [5, 5.41) is 9.94. The second-order valence-electron chi connectivity index (χ2n) is 6.15. The van der Waals surface area contributed by atoms with Crippen LogP contribution in [0.2, 0.25) is 5.02 Å². The number of aliphatic hydroxyl groups excluding tert-OH is 1. The molecular formula is C17H20ClN3O3S. The minimum absolute atomic E-state index is 0.0634. The first-order chi connectivity index (χ1) is 11.9. The average Bonchev–Trinajstić information content (AvgIpc) is 2.62. The van der Waals surface area contributed by atoms with E-state index < -0.39 is 10.0 Å². The number of aryl methyl sites for hydroxylation is 1. The van der Waals surface area contributed by atoms with E-state index in [0.29, 0.717) is 29.5 Å². The smallest absolute Gasteiger partial charge is 0.243 e. The molecule has 1 unspecified atom stereocenters. The third kappa shape index (κ3) is 3.84. The fourth-order valence-corrected chi connectivity index (χ4v) is 4.97. The van der Waals surface area contributed by atoms with Gasteiger partial charge in [-0.05, 0) is 38.0 Å². The van der Waals surface area contributed by atoms with Crippen molar-refractivity contribution in [1.82, 2.24) is 14.3 Å². The Balaban J connectivity index is 1.90. The van der Waals surface area contributed by atoms with Crippen LogP contribution in [-0.4, -0.2) is 40.9 Å². The summed E-state index contributed by atoms with van der Waals surface area (Å²) in [6, 6.07) is 6.30. The predicted molar refractivity (Wildman–Crippen MR) is 94.9 cm³/mol. The Hall–Kier alpha value is -1.54. The zero-order valence-electron chi connectivity index (χ0n) is 13.9. The Morgan fingerprint density at radius 3 is 2.92 bits per heavy atom. The number of nitrogens with zero attached hydrogens (tertiary/aromatic N) is 3. The summed E-state index contributed by atoms with van der Waals surface area (Å²) in [5.41, 5.74) is 1.39. The Morgan fingerprint density at radius 1 is 1.40 bits per heavy atom. The van der Waals surface area contributed by atoms with Crippen LogP contribution in [-0.2, 0) is 16.6 Å². The lowest BCUT2D eigenvalue weighted by Crippen LogP contribution is -2.39. The summed E-state index contributed by atoms with van der Waals surface area (Å²) < 4.78 is 27.3. The zero-order valence-corrected chi connectivity index (χ0v) is 15.5. The van der Waals surface area contributed by atoms with Crippen molar-refractivity contribution < 1.29 is 13.5 Å². The highest BCUT2D eigenvalue weighted by Crippen LogP contribution is 2.31. The Labute approximate surface area is 152 Å². The summed E-state index contributed by atoms with van der Waals surface area (Å²) in [4.78, 5) is 8.77. The van der Waals surface area contributed by atoms with Crippen molar-refractivity contribution in [2.24, 2.45) is 0 Å². The summed E-state index contributed by atoms with van der Waals surface area (Å²) in [6.07, 6.45) is 3.17. The maximum Gasteiger partial charge on any atom is 0.243 e. The van der Waals surface area contributed by atoms with Gasteiger partial charge in [0.2, 0.25) is 10.0 Å². The molecule has 1 atom stereocenters. The van der Waals surface area contributed by atoms with Crippen molar-refractivity contribution in [1.29, 1.82) is 0 Å². The van der Waals surface area contributed by atoms with Crippen LogP contribution < -0.4 is 0 Å². The molecule has 3 rings (SSSR count). The molecule has 0 spiro atoms. The van der Waals surface area contributed by atoms with Gasteiger partial charge in [0, 0.05) is 35.8 Å². The summed E-state index contributed by atoms with van der Waals surface area (Å²) in [6.45, 7) is 2.42. The minimum atomic E-state index is -3.61. The van der Waals surface area contributed by atoms with E-state index in [2.05, 4.69) is 9.97 Å². The largest absolute Gasteiger partial charge is 0.392 e. The van der Waals surface area contributed by atoms with E-state index in [1.807, 2.05) is 0 Å². The molecule has 1 aromatic heterocycles. The van der Waals surface area contributed by atoms with Crippen LogP contribution >= 0.6 is 11.6 Å². The molecule has 1 aliphatic heterocycles. The maximum atomic E-state index is 12.9. The molecule has 0 saturated carbocycles. The van der Waals surface area contributed by atoms with Gasteiger partial charge in [-0.1, -0.05) is 17.7 Å². The first-order valence-corrected chi connectivity index (χ1v) is 9.92. The quantitative estimate of drug-likeness (QED) is 0.879. The number of hydrogen-bond acceptors (Lipinski definition) is 5. The van der Waals surface area contributed by atoms with Gasteiger partial charge in [-0.2, -0.15) is 4.31 Å². The van der Waals surface area contributed by atoms with Gasteiger partial charge in [-0.25, -0.2) is 18.4 Å².